The number of piperidine rings is 1. The first kappa shape index (κ1) is 13.3. The summed E-state index contributed by atoms with van der Waals surface area (Å²) in [5.74, 6) is 0.686. The first-order chi connectivity index (χ1) is 8.79. The van der Waals surface area contributed by atoms with Gasteiger partial charge in [0.05, 0.1) is 0 Å². The molecule has 0 amide bonds. The van der Waals surface area contributed by atoms with Crippen molar-refractivity contribution < 1.29 is 0 Å². The molecule has 1 aromatic rings. The Balaban J connectivity index is 1.87. The fourth-order valence-electron chi connectivity index (χ4n) is 2.60. The van der Waals surface area contributed by atoms with Gasteiger partial charge in [-0.3, -0.25) is 4.90 Å². The van der Waals surface area contributed by atoms with Crippen molar-refractivity contribution in [2.45, 2.75) is 25.8 Å². The van der Waals surface area contributed by atoms with E-state index in [1.54, 1.807) is 0 Å². The molecular weight excluding hydrogens is 220 g/mol. The second-order valence-electron chi connectivity index (χ2n) is 5.30. The lowest BCUT2D eigenvalue weighted by molar-refractivity contribution is 0.135. The second-order valence-corrected chi connectivity index (χ2v) is 5.30. The molecule has 98 valence electrons. The van der Waals surface area contributed by atoms with Crippen molar-refractivity contribution in [1.29, 1.82) is 0 Å². The molecule has 0 spiro atoms. The molecule has 2 nitrogen and oxygen atoms in total. The van der Waals surface area contributed by atoms with Crippen molar-refractivity contribution in [2.24, 2.45) is 11.7 Å². The number of nitrogens with two attached hydrogens (primary N) is 1. The molecule has 18 heavy (non-hydrogen) atoms. The van der Waals surface area contributed by atoms with E-state index in [0.717, 1.165) is 19.6 Å². The number of nitrogens with zero attached hydrogens (tertiary/aromatic N) is 1. The molecule has 1 aliphatic heterocycles. The van der Waals surface area contributed by atoms with Crippen LogP contribution in [0.5, 0.6) is 0 Å². The van der Waals surface area contributed by atoms with Crippen molar-refractivity contribution in [2.75, 3.05) is 19.6 Å². The largest absolute Gasteiger partial charge is 0.330 e. The maximum absolute atomic E-state index is 5.79. The molecule has 2 rings (SSSR count). The Labute approximate surface area is 110 Å². The Morgan fingerprint density at radius 1 is 1.28 bits per heavy atom. The highest BCUT2D eigenvalue weighted by Crippen LogP contribution is 2.20. The van der Waals surface area contributed by atoms with Gasteiger partial charge in [-0.05, 0) is 37.8 Å². The van der Waals surface area contributed by atoms with Gasteiger partial charge in [-0.25, -0.2) is 0 Å². The van der Waals surface area contributed by atoms with Gasteiger partial charge in [0.25, 0.3) is 0 Å². The maximum Gasteiger partial charge on any atom is 0.0169 e. The minimum Gasteiger partial charge on any atom is -0.330 e. The van der Waals surface area contributed by atoms with Gasteiger partial charge < -0.3 is 5.73 Å². The van der Waals surface area contributed by atoms with Crippen LogP contribution >= 0.6 is 0 Å². The molecule has 1 saturated heterocycles. The van der Waals surface area contributed by atoms with Crippen LogP contribution in [0, 0.1) is 5.92 Å². The first-order valence-corrected chi connectivity index (χ1v) is 6.95. The van der Waals surface area contributed by atoms with Crippen LogP contribution in [0.4, 0.5) is 0 Å². The van der Waals surface area contributed by atoms with Crippen LogP contribution in [-0.4, -0.2) is 30.6 Å². The Bertz CT molecular complexity index is 372. The van der Waals surface area contributed by atoms with Crippen LogP contribution in [-0.2, 0) is 0 Å². The van der Waals surface area contributed by atoms with Gasteiger partial charge in [0.1, 0.15) is 0 Å². The lowest BCUT2D eigenvalue weighted by atomic mass is 9.93. The lowest BCUT2D eigenvalue weighted by Gasteiger charge is -2.37. The van der Waals surface area contributed by atoms with Crippen molar-refractivity contribution >= 4 is 6.08 Å². The summed E-state index contributed by atoms with van der Waals surface area (Å²) in [7, 11) is 0. The van der Waals surface area contributed by atoms with E-state index in [0.29, 0.717) is 12.0 Å². The Kier molecular flexibility index (Phi) is 4.97. The summed E-state index contributed by atoms with van der Waals surface area (Å²) in [6, 6.07) is 11.2. The maximum atomic E-state index is 5.79. The molecule has 0 saturated carbocycles. The topological polar surface area (TPSA) is 29.3 Å². The number of rotatable bonds is 4. The lowest BCUT2D eigenvalue weighted by Crippen LogP contribution is -2.43. The van der Waals surface area contributed by atoms with E-state index in [9.17, 15) is 0 Å². The third kappa shape index (κ3) is 3.69. The van der Waals surface area contributed by atoms with E-state index in [2.05, 4.69) is 54.3 Å². The molecule has 1 aliphatic rings. The van der Waals surface area contributed by atoms with Crippen LogP contribution in [0.15, 0.2) is 36.4 Å². The van der Waals surface area contributed by atoms with Gasteiger partial charge in [0.15, 0.2) is 0 Å². The number of benzene rings is 1. The Morgan fingerprint density at radius 3 is 2.78 bits per heavy atom. The molecule has 0 radical (unpaired) electrons. The third-order valence-electron chi connectivity index (χ3n) is 3.89. The predicted octanol–water partition coefficient (Wildman–Crippen LogP) is 2.76. The smallest absolute Gasteiger partial charge is 0.0169 e. The van der Waals surface area contributed by atoms with Crippen molar-refractivity contribution in [3.05, 3.63) is 42.0 Å². The fourth-order valence-corrected chi connectivity index (χ4v) is 2.60. The average molecular weight is 244 g/mol. The zero-order valence-corrected chi connectivity index (χ0v) is 11.3. The quantitative estimate of drug-likeness (QED) is 0.882. The Morgan fingerprint density at radius 2 is 2.06 bits per heavy atom. The molecule has 2 atom stereocenters. The molecule has 0 bridgehead atoms. The van der Waals surface area contributed by atoms with E-state index in [1.807, 2.05) is 0 Å². The normalized spacial score (nSPS) is 25.7. The number of likely N-dealkylation sites (tertiary alicyclic amines) is 1. The predicted molar refractivity (Wildman–Crippen MR) is 78.3 cm³/mol. The van der Waals surface area contributed by atoms with E-state index < -0.39 is 0 Å². The third-order valence-corrected chi connectivity index (χ3v) is 3.89. The van der Waals surface area contributed by atoms with E-state index >= 15 is 0 Å². The Hall–Kier alpha value is -1.12. The summed E-state index contributed by atoms with van der Waals surface area (Å²) in [6.07, 6.45) is 7.04. The molecule has 1 fully saturated rings. The summed E-state index contributed by atoms with van der Waals surface area (Å²) < 4.78 is 0. The highest BCUT2D eigenvalue weighted by Gasteiger charge is 2.23. The molecule has 0 aliphatic carbocycles. The van der Waals surface area contributed by atoms with Crippen LogP contribution in [0.25, 0.3) is 6.08 Å². The fraction of sp³-hybridized carbons (Fsp3) is 0.500. The summed E-state index contributed by atoms with van der Waals surface area (Å²) in [5, 5.41) is 0. The van der Waals surface area contributed by atoms with Crippen LogP contribution in [0.3, 0.4) is 0 Å². The van der Waals surface area contributed by atoms with Gasteiger partial charge in [-0.1, -0.05) is 42.5 Å². The van der Waals surface area contributed by atoms with Gasteiger partial charge in [-0.2, -0.15) is 0 Å². The van der Waals surface area contributed by atoms with E-state index in [4.69, 9.17) is 5.73 Å². The zero-order valence-electron chi connectivity index (χ0n) is 11.3. The average Bonchev–Trinajstić information content (AvgIpc) is 2.42. The van der Waals surface area contributed by atoms with E-state index in [-0.39, 0.29) is 0 Å². The van der Waals surface area contributed by atoms with Crippen molar-refractivity contribution in [3.8, 4) is 0 Å². The van der Waals surface area contributed by atoms with Crippen molar-refractivity contribution in [1.82, 2.24) is 4.90 Å². The van der Waals surface area contributed by atoms with Crippen LogP contribution in [0.2, 0.25) is 0 Å². The zero-order chi connectivity index (χ0) is 12.8. The van der Waals surface area contributed by atoms with Gasteiger partial charge in [0.2, 0.25) is 0 Å². The second kappa shape index (κ2) is 6.72. The van der Waals surface area contributed by atoms with Gasteiger partial charge in [-0.15, -0.1) is 0 Å². The highest BCUT2D eigenvalue weighted by molar-refractivity contribution is 5.48. The van der Waals surface area contributed by atoms with E-state index in [1.165, 1.54) is 18.4 Å². The summed E-state index contributed by atoms with van der Waals surface area (Å²) in [5.41, 5.74) is 7.06. The van der Waals surface area contributed by atoms with Gasteiger partial charge >= 0.3 is 0 Å². The monoisotopic (exact) mass is 244 g/mol. The molecular formula is C16H24N2. The summed E-state index contributed by atoms with van der Waals surface area (Å²) in [4.78, 5) is 2.54. The number of hydrogen-bond donors (Lipinski definition) is 1. The molecule has 1 aromatic carbocycles. The first-order valence-electron chi connectivity index (χ1n) is 6.95. The number of hydrogen-bond acceptors (Lipinski definition) is 2. The molecule has 2 N–H and O–H groups in total. The molecule has 2 unspecified atom stereocenters. The summed E-state index contributed by atoms with van der Waals surface area (Å²) in [6.45, 7) is 5.33. The molecule has 2 heteroatoms. The SMILES string of the molecule is CC1CCC(CN)CN1CC=Cc1ccccc1. The van der Waals surface area contributed by atoms with Crippen LogP contribution < -0.4 is 5.73 Å². The molecule has 1 heterocycles. The summed E-state index contributed by atoms with van der Waals surface area (Å²) >= 11 is 0. The van der Waals surface area contributed by atoms with Gasteiger partial charge in [0, 0.05) is 19.1 Å². The van der Waals surface area contributed by atoms with Crippen molar-refractivity contribution in [3.63, 3.8) is 0 Å². The molecule has 0 aromatic heterocycles. The van der Waals surface area contributed by atoms with Crippen LogP contribution in [0.1, 0.15) is 25.3 Å². The minimum absolute atomic E-state index is 0.686. The highest BCUT2D eigenvalue weighted by atomic mass is 15.2. The standard InChI is InChI=1S/C16H24N2/c1-14-9-10-16(12-17)13-18(14)11-5-8-15-6-3-2-4-7-15/h2-8,14,16H,9-13,17H2,1H3. The minimum atomic E-state index is 0.686.